The summed E-state index contributed by atoms with van der Waals surface area (Å²) in [5.41, 5.74) is 2.80. The minimum Gasteiger partial charge on any atom is -0.455 e. The molecule has 3 aromatic rings. The zero-order valence-electron chi connectivity index (χ0n) is 21.0. The van der Waals surface area contributed by atoms with Crippen molar-refractivity contribution in [2.24, 2.45) is 5.41 Å². The van der Waals surface area contributed by atoms with E-state index in [1.807, 2.05) is 70.2 Å². The molecule has 3 rings (SSSR count). The van der Waals surface area contributed by atoms with Gasteiger partial charge >= 0.3 is 5.97 Å². The number of nitrogens with one attached hydrogen (secondary N) is 1. The molecule has 0 fully saturated rings. The molecule has 0 saturated carbocycles. The van der Waals surface area contributed by atoms with E-state index in [-0.39, 0.29) is 12.5 Å². The Kier molecular flexibility index (Phi) is 8.62. The number of ether oxygens (including phenoxy) is 1. The van der Waals surface area contributed by atoms with Crippen LogP contribution in [-0.2, 0) is 25.5 Å². The molecule has 7 nitrogen and oxygen atoms in total. The fraction of sp³-hybridized carbons (Fsp3) is 0.407. The van der Waals surface area contributed by atoms with E-state index >= 15 is 0 Å². The predicted octanol–water partition coefficient (Wildman–Crippen LogP) is 4.90. The molecule has 0 unspecified atom stereocenters. The molecular formula is C27H33N3O4S. The van der Waals surface area contributed by atoms with Crippen LogP contribution in [0.5, 0.6) is 0 Å². The lowest BCUT2D eigenvalue weighted by molar-refractivity contribution is -0.161. The average Bonchev–Trinajstić information content (AvgIpc) is 3.25. The normalized spacial score (nSPS) is 11.3. The van der Waals surface area contributed by atoms with Crippen LogP contribution in [0.25, 0.3) is 10.2 Å². The summed E-state index contributed by atoms with van der Waals surface area (Å²) in [6.07, 6.45) is 1.60. The summed E-state index contributed by atoms with van der Waals surface area (Å²) < 4.78 is 6.55. The number of likely N-dealkylation sites (N-methyl/N-ethyl adjacent to an activating group) is 1. The predicted molar refractivity (Wildman–Crippen MR) is 139 cm³/mol. The van der Waals surface area contributed by atoms with E-state index in [1.54, 1.807) is 11.3 Å². The van der Waals surface area contributed by atoms with Gasteiger partial charge in [0.25, 0.3) is 5.91 Å². The highest BCUT2D eigenvalue weighted by atomic mass is 32.1. The van der Waals surface area contributed by atoms with Crippen LogP contribution >= 0.6 is 11.3 Å². The number of benzene rings is 2. The van der Waals surface area contributed by atoms with E-state index in [9.17, 15) is 14.4 Å². The van der Waals surface area contributed by atoms with Gasteiger partial charge in [-0.3, -0.25) is 14.4 Å². The number of hydrogen-bond donors (Lipinski definition) is 1. The Morgan fingerprint density at radius 2 is 1.69 bits per heavy atom. The van der Waals surface area contributed by atoms with Gasteiger partial charge < -0.3 is 15.0 Å². The Labute approximate surface area is 210 Å². The van der Waals surface area contributed by atoms with Crippen LogP contribution in [0.2, 0.25) is 0 Å². The van der Waals surface area contributed by atoms with Gasteiger partial charge in [0.1, 0.15) is 0 Å². The molecule has 8 heteroatoms. The highest BCUT2D eigenvalue weighted by molar-refractivity contribution is 7.18. The van der Waals surface area contributed by atoms with Gasteiger partial charge in [0.15, 0.2) is 6.61 Å². The maximum Gasteiger partial charge on any atom is 0.312 e. The van der Waals surface area contributed by atoms with Crippen LogP contribution in [0.3, 0.4) is 0 Å². The van der Waals surface area contributed by atoms with Gasteiger partial charge in [0.2, 0.25) is 5.91 Å². The molecule has 0 aliphatic heterocycles. The molecule has 0 radical (unpaired) electrons. The SMILES string of the molecule is CCC(CC)(Cc1nc2ccccc2s1)C(=O)OCC(=O)N(C)CC(=O)Nc1c(C)cccc1C. The molecule has 1 heterocycles. The minimum atomic E-state index is -0.757. The molecule has 0 saturated heterocycles. The maximum absolute atomic E-state index is 13.1. The number of esters is 1. The molecule has 186 valence electrons. The van der Waals surface area contributed by atoms with Crippen molar-refractivity contribution >= 4 is 45.0 Å². The van der Waals surface area contributed by atoms with Gasteiger partial charge in [-0.1, -0.05) is 44.2 Å². The molecule has 1 N–H and O–H groups in total. The second-order valence-corrected chi connectivity index (χ2v) is 10.00. The molecular weight excluding hydrogens is 462 g/mol. The summed E-state index contributed by atoms with van der Waals surface area (Å²) in [5.74, 6) is -1.16. The van der Waals surface area contributed by atoms with Crippen LogP contribution in [-0.4, -0.2) is 47.9 Å². The molecule has 2 aromatic carbocycles. The molecule has 0 aliphatic rings. The lowest BCUT2D eigenvalue weighted by Crippen LogP contribution is -2.40. The quantitative estimate of drug-likeness (QED) is 0.404. The van der Waals surface area contributed by atoms with Crippen LogP contribution < -0.4 is 5.32 Å². The Balaban J connectivity index is 1.58. The number of carbonyl (C=O) groups excluding carboxylic acids is 3. The van der Waals surface area contributed by atoms with Crippen molar-refractivity contribution in [3.05, 3.63) is 58.6 Å². The third kappa shape index (κ3) is 6.25. The highest BCUT2D eigenvalue weighted by Gasteiger charge is 2.38. The Bertz CT molecular complexity index is 1160. The van der Waals surface area contributed by atoms with Crippen molar-refractivity contribution in [1.29, 1.82) is 0 Å². The number of nitrogens with zero attached hydrogens (tertiary/aromatic N) is 2. The minimum absolute atomic E-state index is 0.136. The lowest BCUT2D eigenvalue weighted by Gasteiger charge is -2.28. The number of rotatable bonds is 10. The number of anilines is 1. The number of carbonyl (C=O) groups is 3. The third-order valence-corrected chi connectivity index (χ3v) is 7.53. The van der Waals surface area contributed by atoms with Crippen molar-refractivity contribution < 1.29 is 19.1 Å². The first-order valence-corrected chi connectivity index (χ1v) is 12.6. The topological polar surface area (TPSA) is 88.6 Å². The molecule has 0 atom stereocenters. The summed E-state index contributed by atoms with van der Waals surface area (Å²) in [6, 6.07) is 13.6. The standard InChI is InChI=1S/C27H33N3O4S/c1-6-27(7-2,15-23-28-20-13-8-9-14-21(20)35-23)26(33)34-17-24(32)30(5)16-22(31)29-25-18(3)11-10-12-19(25)4/h8-14H,6-7,15-17H2,1-5H3,(H,29,31). The maximum atomic E-state index is 13.1. The monoisotopic (exact) mass is 495 g/mol. The fourth-order valence-corrected chi connectivity index (χ4v) is 5.14. The van der Waals surface area contributed by atoms with Crippen molar-refractivity contribution in [3.63, 3.8) is 0 Å². The number of amides is 2. The van der Waals surface area contributed by atoms with Gasteiger partial charge in [-0.05, 0) is 49.9 Å². The van der Waals surface area contributed by atoms with Crippen LogP contribution in [0.1, 0.15) is 42.8 Å². The number of aryl methyl sites for hydroxylation is 2. The number of para-hydroxylation sites is 2. The molecule has 2 amide bonds. The number of thiazole rings is 1. The Morgan fingerprint density at radius 1 is 1.03 bits per heavy atom. The van der Waals surface area contributed by atoms with Gasteiger partial charge in [-0.25, -0.2) is 4.98 Å². The smallest absolute Gasteiger partial charge is 0.312 e. The van der Waals surface area contributed by atoms with Gasteiger partial charge in [0, 0.05) is 19.2 Å². The van der Waals surface area contributed by atoms with Crippen molar-refractivity contribution in [1.82, 2.24) is 9.88 Å². The second-order valence-electron chi connectivity index (χ2n) is 8.88. The zero-order valence-corrected chi connectivity index (χ0v) is 21.8. The molecule has 0 bridgehead atoms. The molecule has 0 spiro atoms. The molecule has 35 heavy (non-hydrogen) atoms. The summed E-state index contributed by atoms with van der Waals surface area (Å²) >= 11 is 1.57. The number of hydrogen-bond acceptors (Lipinski definition) is 6. The first-order valence-electron chi connectivity index (χ1n) is 11.8. The first kappa shape index (κ1) is 26.3. The Hall–Kier alpha value is -3.26. The van der Waals surface area contributed by atoms with Crippen molar-refractivity contribution in [3.8, 4) is 0 Å². The number of fused-ring (bicyclic) bond motifs is 1. The third-order valence-electron chi connectivity index (χ3n) is 6.49. The number of aromatic nitrogens is 1. The fourth-order valence-electron chi connectivity index (χ4n) is 4.03. The summed E-state index contributed by atoms with van der Waals surface area (Å²) in [6.45, 7) is 7.18. The van der Waals surface area contributed by atoms with Crippen molar-refractivity contribution in [2.45, 2.75) is 47.0 Å². The van der Waals surface area contributed by atoms with Gasteiger partial charge in [-0.15, -0.1) is 11.3 Å². The van der Waals surface area contributed by atoms with Gasteiger partial charge in [0.05, 0.1) is 27.2 Å². The summed E-state index contributed by atoms with van der Waals surface area (Å²) in [5, 5.41) is 3.74. The molecule has 1 aromatic heterocycles. The van der Waals surface area contributed by atoms with Crippen LogP contribution in [0.15, 0.2) is 42.5 Å². The largest absolute Gasteiger partial charge is 0.455 e. The molecule has 0 aliphatic carbocycles. The lowest BCUT2D eigenvalue weighted by atomic mass is 9.79. The van der Waals surface area contributed by atoms with E-state index in [0.29, 0.717) is 19.3 Å². The van der Waals surface area contributed by atoms with E-state index in [0.717, 1.165) is 32.0 Å². The second kappa shape index (κ2) is 11.4. The van der Waals surface area contributed by atoms with E-state index < -0.39 is 23.9 Å². The van der Waals surface area contributed by atoms with Crippen molar-refractivity contribution in [2.75, 3.05) is 25.5 Å². The Morgan fingerprint density at radius 3 is 2.31 bits per heavy atom. The van der Waals surface area contributed by atoms with E-state index in [2.05, 4.69) is 10.3 Å². The van der Waals surface area contributed by atoms with E-state index in [4.69, 9.17) is 4.74 Å². The van der Waals surface area contributed by atoms with E-state index in [1.165, 1.54) is 11.9 Å². The van der Waals surface area contributed by atoms with Crippen LogP contribution in [0, 0.1) is 19.3 Å². The van der Waals surface area contributed by atoms with Gasteiger partial charge in [-0.2, -0.15) is 0 Å². The first-order chi connectivity index (χ1) is 16.7. The zero-order chi connectivity index (χ0) is 25.6. The average molecular weight is 496 g/mol. The summed E-state index contributed by atoms with van der Waals surface area (Å²) in [4.78, 5) is 44.1. The highest BCUT2D eigenvalue weighted by Crippen LogP contribution is 2.35. The van der Waals surface area contributed by atoms with Crippen LogP contribution in [0.4, 0.5) is 5.69 Å². The summed E-state index contributed by atoms with van der Waals surface area (Å²) in [7, 11) is 1.52.